The van der Waals surface area contributed by atoms with Crippen LogP contribution in [-0.4, -0.2) is 65.5 Å². The Labute approximate surface area is 153 Å². The molecule has 2 saturated heterocycles. The van der Waals surface area contributed by atoms with E-state index in [4.69, 9.17) is 9.47 Å². The quantitative estimate of drug-likeness (QED) is 0.910. The zero-order chi connectivity index (χ0) is 18.0. The SMILES string of the molecule is Cc1nc2ccccc2n1CCNC(=O)N1CCOC2(CCCOC2)C1. The molecule has 2 aromatic rings. The normalized spacial score (nSPS) is 23.5. The second kappa shape index (κ2) is 7.25. The van der Waals surface area contributed by atoms with E-state index in [2.05, 4.69) is 20.9 Å². The average molecular weight is 358 g/mol. The van der Waals surface area contributed by atoms with Gasteiger partial charge in [0.25, 0.3) is 0 Å². The van der Waals surface area contributed by atoms with E-state index in [1.54, 1.807) is 0 Å². The number of nitrogens with one attached hydrogen (secondary N) is 1. The largest absolute Gasteiger partial charge is 0.378 e. The van der Waals surface area contributed by atoms with Crippen molar-refractivity contribution >= 4 is 17.1 Å². The van der Waals surface area contributed by atoms with Crippen LogP contribution in [0.2, 0.25) is 0 Å². The van der Waals surface area contributed by atoms with Crippen molar-refractivity contribution in [3.8, 4) is 0 Å². The van der Waals surface area contributed by atoms with Crippen molar-refractivity contribution in [3.63, 3.8) is 0 Å². The lowest BCUT2D eigenvalue weighted by molar-refractivity contribution is -0.160. The van der Waals surface area contributed by atoms with Crippen LogP contribution in [0.1, 0.15) is 18.7 Å². The minimum atomic E-state index is -0.315. The number of para-hydroxylation sites is 2. The Morgan fingerprint density at radius 3 is 3.08 bits per heavy atom. The van der Waals surface area contributed by atoms with Crippen LogP contribution in [-0.2, 0) is 16.0 Å². The predicted molar refractivity (Wildman–Crippen MR) is 98.2 cm³/mol. The predicted octanol–water partition coefficient (Wildman–Crippen LogP) is 1.94. The summed E-state index contributed by atoms with van der Waals surface area (Å²) in [6, 6.07) is 8.05. The third kappa shape index (κ3) is 3.41. The summed E-state index contributed by atoms with van der Waals surface area (Å²) in [5, 5.41) is 3.05. The first-order chi connectivity index (χ1) is 12.7. The molecule has 2 amide bonds. The lowest BCUT2D eigenvalue weighted by Crippen LogP contribution is -2.59. The van der Waals surface area contributed by atoms with E-state index in [-0.39, 0.29) is 11.6 Å². The van der Waals surface area contributed by atoms with Crippen LogP contribution >= 0.6 is 0 Å². The van der Waals surface area contributed by atoms with Crippen LogP contribution in [0.4, 0.5) is 4.79 Å². The molecular formula is C19H26N4O3. The fourth-order valence-corrected chi connectivity index (χ4v) is 3.95. The van der Waals surface area contributed by atoms with Gasteiger partial charge in [0.1, 0.15) is 11.4 Å². The highest BCUT2D eigenvalue weighted by molar-refractivity contribution is 5.76. The first-order valence-corrected chi connectivity index (χ1v) is 9.33. The Kier molecular flexibility index (Phi) is 4.82. The third-order valence-corrected chi connectivity index (χ3v) is 5.28. The monoisotopic (exact) mass is 358 g/mol. The number of nitrogens with zero attached hydrogens (tertiary/aromatic N) is 3. The Morgan fingerprint density at radius 2 is 2.23 bits per heavy atom. The van der Waals surface area contributed by atoms with Crippen LogP contribution < -0.4 is 5.32 Å². The molecule has 2 aliphatic rings. The number of urea groups is 1. The molecule has 1 aromatic heterocycles. The van der Waals surface area contributed by atoms with E-state index >= 15 is 0 Å². The zero-order valence-corrected chi connectivity index (χ0v) is 15.2. The Morgan fingerprint density at radius 1 is 1.35 bits per heavy atom. The summed E-state index contributed by atoms with van der Waals surface area (Å²) in [5.74, 6) is 0.963. The molecular weight excluding hydrogens is 332 g/mol. The van der Waals surface area contributed by atoms with Gasteiger partial charge in [-0.15, -0.1) is 0 Å². The van der Waals surface area contributed by atoms with Crippen LogP contribution in [0.15, 0.2) is 24.3 Å². The molecule has 1 aromatic carbocycles. The van der Waals surface area contributed by atoms with E-state index in [9.17, 15) is 4.79 Å². The second-order valence-electron chi connectivity index (χ2n) is 7.14. The fourth-order valence-electron chi connectivity index (χ4n) is 3.95. The summed E-state index contributed by atoms with van der Waals surface area (Å²) >= 11 is 0. The first-order valence-electron chi connectivity index (χ1n) is 9.33. The summed E-state index contributed by atoms with van der Waals surface area (Å²) < 4.78 is 13.7. The summed E-state index contributed by atoms with van der Waals surface area (Å²) in [7, 11) is 0. The molecule has 2 fully saturated rings. The van der Waals surface area contributed by atoms with E-state index in [1.807, 2.05) is 30.0 Å². The van der Waals surface area contributed by atoms with Crippen LogP contribution in [0, 0.1) is 6.92 Å². The minimum absolute atomic E-state index is 0.0275. The Hall–Kier alpha value is -2.12. The number of benzene rings is 1. The van der Waals surface area contributed by atoms with Crippen molar-refractivity contribution in [2.45, 2.75) is 31.9 Å². The Balaban J connectivity index is 1.34. The van der Waals surface area contributed by atoms with Gasteiger partial charge >= 0.3 is 6.03 Å². The van der Waals surface area contributed by atoms with Crippen molar-refractivity contribution in [2.75, 3.05) is 39.5 Å². The van der Waals surface area contributed by atoms with Crippen molar-refractivity contribution in [2.24, 2.45) is 0 Å². The molecule has 140 valence electrons. The van der Waals surface area contributed by atoms with Gasteiger partial charge in [-0.3, -0.25) is 0 Å². The molecule has 0 saturated carbocycles. The maximum Gasteiger partial charge on any atom is 0.317 e. The number of hydrogen-bond donors (Lipinski definition) is 1. The van der Waals surface area contributed by atoms with Crippen LogP contribution in [0.5, 0.6) is 0 Å². The highest BCUT2D eigenvalue weighted by Gasteiger charge is 2.40. The summed E-state index contributed by atoms with van der Waals surface area (Å²) in [6.07, 6.45) is 1.94. The number of aryl methyl sites for hydroxylation is 1. The number of carbonyl (C=O) groups is 1. The van der Waals surface area contributed by atoms with Gasteiger partial charge in [0.2, 0.25) is 0 Å². The summed E-state index contributed by atoms with van der Waals surface area (Å²) in [4.78, 5) is 19.0. The molecule has 3 heterocycles. The van der Waals surface area contributed by atoms with Crippen molar-refractivity contribution < 1.29 is 14.3 Å². The van der Waals surface area contributed by atoms with Gasteiger partial charge in [-0.2, -0.15) is 0 Å². The highest BCUT2D eigenvalue weighted by atomic mass is 16.5. The number of ether oxygens (including phenoxy) is 2. The Bertz CT molecular complexity index is 777. The highest BCUT2D eigenvalue weighted by Crippen LogP contribution is 2.27. The fraction of sp³-hybridized carbons (Fsp3) is 0.579. The first kappa shape index (κ1) is 17.3. The molecule has 0 aliphatic carbocycles. The maximum atomic E-state index is 12.6. The third-order valence-electron chi connectivity index (χ3n) is 5.28. The molecule has 0 radical (unpaired) electrons. The molecule has 1 N–H and O–H groups in total. The molecule has 26 heavy (non-hydrogen) atoms. The van der Waals surface area contributed by atoms with Crippen LogP contribution in [0.3, 0.4) is 0 Å². The van der Waals surface area contributed by atoms with Gasteiger partial charge in [-0.1, -0.05) is 12.1 Å². The summed E-state index contributed by atoms with van der Waals surface area (Å²) in [5.41, 5.74) is 1.78. The molecule has 7 nitrogen and oxygen atoms in total. The number of amides is 2. The lowest BCUT2D eigenvalue weighted by atomic mass is 9.94. The topological polar surface area (TPSA) is 68.6 Å². The summed E-state index contributed by atoms with van der Waals surface area (Å²) in [6.45, 7) is 6.44. The van der Waals surface area contributed by atoms with Gasteiger partial charge < -0.3 is 24.3 Å². The van der Waals surface area contributed by atoms with Crippen molar-refractivity contribution in [1.82, 2.24) is 19.8 Å². The molecule has 1 spiro atoms. The van der Waals surface area contributed by atoms with E-state index in [0.29, 0.717) is 39.4 Å². The zero-order valence-electron chi connectivity index (χ0n) is 15.2. The number of aromatic nitrogens is 2. The van der Waals surface area contributed by atoms with Crippen LogP contribution in [0.25, 0.3) is 11.0 Å². The van der Waals surface area contributed by atoms with Gasteiger partial charge in [0.15, 0.2) is 0 Å². The number of morpholine rings is 1. The standard InChI is InChI=1S/C19H26N4O3/c1-15-21-16-5-2-3-6-17(16)23(15)9-8-20-18(24)22-10-12-26-19(13-22)7-4-11-25-14-19/h2-3,5-6H,4,7-14H2,1H3,(H,20,24). The number of hydrogen-bond acceptors (Lipinski definition) is 4. The minimum Gasteiger partial charge on any atom is -0.378 e. The smallest absolute Gasteiger partial charge is 0.317 e. The van der Waals surface area contributed by atoms with E-state index in [1.165, 1.54) is 0 Å². The molecule has 4 rings (SSSR count). The van der Waals surface area contributed by atoms with Gasteiger partial charge in [-0.05, 0) is 31.9 Å². The lowest BCUT2D eigenvalue weighted by Gasteiger charge is -2.44. The van der Waals surface area contributed by atoms with E-state index in [0.717, 1.165) is 36.3 Å². The molecule has 7 heteroatoms. The molecule has 1 unspecified atom stereocenters. The number of fused-ring (bicyclic) bond motifs is 1. The number of rotatable bonds is 3. The number of imidazole rings is 1. The van der Waals surface area contributed by atoms with Crippen molar-refractivity contribution in [1.29, 1.82) is 0 Å². The molecule has 1 atom stereocenters. The van der Waals surface area contributed by atoms with E-state index < -0.39 is 0 Å². The van der Waals surface area contributed by atoms with Gasteiger partial charge in [-0.25, -0.2) is 9.78 Å². The van der Waals surface area contributed by atoms with Gasteiger partial charge in [0, 0.05) is 26.2 Å². The second-order valence-corrected chi connectivity index (χ2v) is 7.14. The molecule has 0 bridgehead atoms. The maximum absolute atomic E-state index is 12.6. The molecule has 2 aliphatic heterocycles. The van der Waals surface area contributed by atoms with Crippen molar-refractivity contribution in [3.05, 3.63) is 30.1 Å². The van der Waals surface area contributed by atoms with Gasteiger partial charge in [0.05, 0.1) is 30.8 Å². The average Bonchev–Trinajstić information content (AvgIpc) is 2.98. The number of carbonyl (C=O) groups excluding carboxylic acids is 1.